The van der Waals surface area contributed by atoms with E-state index in [4.69, 9.17) is 4.84 Å². The maximum absolute atomic E-state index is 5.35. The van der Waals surface area contributed by atoms with Crippen LogP contribution in [0, 0.1) is 11.8 Å². The van der Waals surface area contributed by atoms with Gasteiger partial charge >= 0.3 is 0 Å². The minimum Gasteiger partial charge on any atom is -0.392 e. The molecule has 60 valence electrons. The van der Waals surface area contributed by atoms with Gasteiger partial charge in [-0.25, -0.2) is 0 Å². The molecule has 4 aliphatic rings. The van der Waals surface area contributed by atoms with E-state index in [-0.39, 0.29) is 0 Å². The maximum atomic E-state index is 5.35. The molecule has 2 saturated heterocycles. The van der Waals surface area contributed by atoms with Crippen LogP contribution in [0.3, 0.4) is 0 Å². The predicted molar refractivity (Wildman–Crippen MR) is 45.8 cm³/mol. The van der Waals surface area contributed by atoms with Crippen molar-refractivity contribution in [1.29, 1.82) is 0 Å². The summed E-state index contributed by atoms with van der Waals surface area (Å²) in [5, 5.41) is 4.75. The molecule has 1 aliphatic carbocycles. The van der Waals surface area contributed by atoms with E-state index in [0.29, 0.717) is 12.0 Å². The molecule has 0 unspecified atom stereocenters. The minimum absolute atomic E-state index is 0.454. The molecule has 0 radical (unpaired) electrons. The van der Waals surface area contributed by atoms with E-state index in [1.54, 1.807) is 0 Å². The lowest BCUT2D eigenvalue weighted by Crippen LogP contribution is -2.45. The van der Waals surface area contributed by atoms with Gasteiger partial charge in [-0.1, -0.05) is 5.16 Å². The van der Waals surface area contributed by atoms with E-state index in [1.807, 2.05) is 6.21 Å². The van der Waals surface area contributed by atoms with Crippen molar-refractivity contribution in [3.63, 3.8) is 0 Å². The normalized spacial score (nSPS) is 52.4. The second-order valence-electron chi connectivity index (χ2n) is 3.61. The molecule has 11 heavy (non-hydrogen) atoms. The molecular weight excluding hydrogens is 158 g/mol. The summed E-state index contributed by atoms with van der Waals surface area (Å²) in [6.07, 6.45) is 5.22. The topological polar surface area (TPSA) is 21.6 Å². The average molecular weight is 169 g/mol. The third kappa shape index (κ3) is 0.776. The molecule has 0 aromatic rings. The van der Waals surface area contributed by atoms with Gasteiger partial charge in [0.05, 0.1) is 6.21 Å². The lowest BCUT2D eigenvalue weighted by Gasteiger charge is -2.42. The zero-order chi connectivity index (χ0) is 7.26. The fraction of sp³-hybridized carbons (Fsp3) is 0.875. The van der Waals surface area contributed by atoms with Crippen LogP contribution >= 0.6 is 11.8 Å². The van der Waals surface area contributed by atoms with Gasteiger partial charge in [0.25, 0.3) is 0 Å². The fourth-order valence-electron chi connectivity index (χ4n) is 2.39. The quantitative estimate of drug-likeness (QED) is 0.548. The molecular formula is C8H11NOS. The first-order valence-corrected chi connectivity index (χ1v) is 5.31. The number of fused-ring (bicyclic) bond motifs is 2. The van der Waals surface area contributed by atoms with Crippen molar-refractivity contribution in [2.75, 3.05) is 5.75 Å². The number of hydrogen-bond donors (Lipinski definition) is 0. The van der Waals surface area contributed by atoms with Crippen molar-refractivity contribution in [2.24, 2.45) is 17.0 Å². The number of thioether (sulfide) groups is 1. The molecule has 2 bridgehead atoms. The van der Waals surface area contributed by atoms with Crippen molar-refractivity contribution >= 4 is 18.0 Å². The van der Waals surface area contributed by atoms with E-state index in [0.717, 1.165) is 11.2 Å². The molecule has 1 saturated carbocycles. The first-order valence-electron chi connectivity index (χ1n) is 4.26. The van der Waals surface area contributed by atoms with Gasteiger partial charge in [0.1, 0.15) is 6.10 Å². The molecule has 3 aliphatic heterocycles. The maximum Gasteiger partial charge on any atom is 0.140 e. The van der Waals surface area contributed by atoms with Crippen LogP contribution < -0.4 is 0 Å². The smallest absolute Gasteiger partial charge is 0.140 e. The minimum atomic E-state index is 0.454. The Kier molecular flexibility index (Phi) is 1.24. The summed E-state index contributed by atoms with van der Waals surface area (Å²) < 4.78 is 0. The number of rotatable bonds is 0. The largest absolute Gasteiger partial charge is 0.392 e. The summed E-state index contributed by atoms with van der Waals surface area (Å²) in [5.74, 6) is 2.74. The van der Waals surface area contributed by atoms with E-state index < -0.39 is 0 Å². The van der Waals surface area contributed by atoms with Crippen molar-refractivity contribution in [3.05, 3.63) is 0 Å². The standard InChI is InChI=1S/C8H11NOS/c1-2-7-6-3-9-10-8(6)5(1)4-11-7/h3,5-8H,1-2,4H2/t5-,6-,7-,8+/m0/s1. The van der Waals surface area contributed by atoms with Crippen molar-refractivity contribution < 1.29 is 4.84 Å². The van der Waals surface area contributed by atoms with Gasteiger partial charge in [-0.05, 0) is 12.8 Å². The van der Waals surface area contributed by atoms with Crippen LogP contribution in [0.15, 0.2) is 5.16 Å². The molecule has 3 heteroatoms. The summed E-state index contributed by atoms with van der Waals surface area (Å²) in [7, 11) is 0. The van der Waals surface area contributed by atoms with Crippen LogP contribution in [-0.4, -0.2) is 23.3 Å². The Morgan fingerprint density at radius 3 is 3.18 bits per heavy atom. The molecule has 0 amide bonds. The highest BCUT2D eigenvalue weighted by atomic mass is 32.2. The lowest BCUT2D eigenvalue weighted by molar-refractivity contribution is 0.00231. The first kappa shape index (κ1) is 6.35. The second-order valence-corrected chi connectivity index (χ2v) is 4.88. The van der Waals surface area contributed by atoms with Crippen LogP contribution in [0.5, 0.6) is 0 Å². The molecule has 2 nitrogen and oxygen atoms in total. The SMILES string of the molecule is C1=NO[C@@H]2[C@H]3CC[C@H](SC3)[C@H]12. The van der Waals surface area contributed by atoms with E-state index >= 15 is 0 Å². The zero-order valence-corrected chi connectivity index (χ0v) is 7.09. The molecule has 0 N–H and O–H groups in total. The van der Waals surface area contributed by atoms with Crippen LogP contribution in [0.1, 0.15) is 12.8 Å². The Hall–Kier alpha value is -0.180. The highest BCUT2D eigenvalue weighted by molar-refractivity contribution is 8.00. The molecule has 3 heterocycles. The molecule has 0 spiro atoms. The fourth-order valence-corrected chi connectivity index (χ4v) is 3.99. The molecule has 0 aromatic heterocycles. The molecule has 0 aromatic carbocycles. The van der Waals surface area contributed by atoms with Crippen LogP contribution in [0.4, 0.5) is 0 Å². The highest BCUT2D eigenvalue weighted by Crippen LogP contribution is 2.46. The molecule has 4 atom stereocenters. The number of hydrogen-bond acceptors (Lipinski definition) is 3. The third-order valence-corrected chi connectivity index (χ3v) is 4.63. The Balaban J connectivity index is 1.93. The van der Waals surface area contributed by atoms with Gasteiger partial charge in [-0.15, -0.1) is 0 Å². The van der Waals surface area contributed by atoms with E-state index in [1.165, 1.54) is 18.6 Å². The Morgan fingerprint density at radius 1 is 1.45 bits per heavy atom. The van der Waals surface area contributed by atoms with Crippen LogP contribution in [-0.2, 0) is 4.84 Å². The van der Waals surface area contributed by atoms with Crippen LogP contribution in [0.2, 0.25) is 0 Å². The van der Waals surface area contributed by atoms with Gasteiger partial charge in [-0.3, -0.25) is 0 Å². The monoisotopic (exact) mass is 169 g/mol. The van der Waals surface area contributed by atoms with Crippen LogP contribution in [0.25, 0.3) is 0 Å². The van der Waals surface area contributed by atoms with Gasteiger partial charge in [0, 0.05) is 22.8 Å². The highest BCUT2D eigenvalue weighted by Gasteiger charge is 2.47. The van der Waals surface area contributed by atoms with Gasteiger partial charge < -0.3 is 4.84 Å². The first-order chi connectivity index (χ1) is 5.45. The van der Waals surface area contributed by atoms with E-state index in [2.05, 4.69) is 16.9 Å². The zero-order valence-electron chi connectivity index (χ0n) is 6.27. The van der Waals surface area contributed by atoms with E-state index in [9.17, 15) is 0 Å². The third-order valence-electron chi connectivity index (χ3n) is 3.04. The summed E-state index contributed by atoms with van der Waals surface area (Å²) in [6.45, 7) is 0. The number of oxime groups is 1. The van der Waals surface area contributed by atoms with Crippen molar-refractivity contribution in [3.8, 4) is 0 Å². The molecule has 3 fully saturated rings. The van der Waals surface area contributed by atoms with Gasteiger partial charge in [-0.2, -0.15) is 11.8 Å². The summed E-state index contributed by atoms with van der Waals surface area (Å²) in [6, 6.07) is 0. The summed E-state index contributed by atoms with van der Waals surface area (Å²) in [4.78, 5) is 5.35. The number of nitrogens with zero attached hydrogens (tertiary/aromatic N) is 1. The van der Waals surface area contributed by atoms with Crippen molar-refractivity contribution in [2.45, 2.75) is 24.2 Å². The summed E-state index contributed by atoms with van der Waals surface area (Å²) >= 11 is 2.12. The summed E-state index contributed by atoms with van der Waals surface area (Å²) in [5.41, 5.74) is 0. The Bertz CT molecular complexity index is 198. The average Bonchev–Trinajstić information content (AvgIpc) is 2.55. The predicted octanol–water partition coefficient (Wildman–Crippen LogP) is 1.51. The molecule has 4 rings (SSSR count). The second kappa shape index (κ2) is 2.16. The van der Waals surface area contributed by atoms with Crippen molar-refractivity contribution in [1.82, 2.24) is 0 Å². The van der Waals surface area contributed by atoms with Gasteiger partial charge in [0.2, 0.25) is 0 Å². The van der Waals surface area contributed by atoms with Gasteiger partial charge in [0.15, 0.2) is 0 Å². The Labute approximate surface area is 70.4 Å². The lowest BCUT2D eigenvalue weighted by atomic mass is 9.79. The Morgan fingerprint density at radius 2 is 2.45 bits per heavy atom.